The fourth-order valence-corrected chi connectivity index (χ4v) is 2.81. The summed E-state index contributed by atoms with van der Waals surface area (Å²) in [5.74, 6) is 0.908. The zero-order chi connectivity index (χ0) is 20.1. The van der Waals surface area contributed by atoms with E-state index in [1.54, 1.807) is 6.07 Å². The highest BCUT2D eigenvalue weighted by molar-refractivity contribution is 5.90. The van der Waals surface area contributed by atoms with Crippen LogP contribution < -0.4 is 11.1 Å². The van der Waals surface area contributed by atoms with Crippen molar-refractivity contribution in [1.82, 2.24) is 14.9 Å². The van der Waals surface area contributed by atoms with Crippen LogP contribution in [0.5, 0.6) is 0 Å². The third-order valence-corrected chi connectivity index (χ3v) is 4.41. The van der Waals surface area contributed by atoms with Gasteiger partial charge in [-0.15, -0.1) is 0 Å². The van der Waals surface area contributed by atoms with Gasteiger partial charge in [-0.1, -0.05) is 30.3 Å². The summed E-state index contributed by atoms with van der Waals surface area (Å²) in [4.78, 5) is 11.2. The maximum atomic E-state index is 13.7. The van der Waals surface area contributed by atoms with Crippen molar-refractivity contribution in [1.29, 1.82) is 0 Å². The molecule has 1 atom stereocenters. The Bertz CT molecular complexity index is 965. The quantitative estimate of drug-likeness (QED) is 0.651. The van der Waals surface area contributed by atoms with Crippen molar-refractivity contribution in [2.24, 2.45) is 5.73 Å². The van der Waals surface area contributed by atoms with E-state index < -0.39 is 0 Å². The lowest BCUT2D eigenvalue weighted by Crippen LogP contribution is -2.21. The van der Waals surface area contributed by atoms with E-state index in [-0.39, 0.29) is 11.9 Å². The van der Waals surface area contributed by atoms with Gasteiger partial charge >= 0.3 is 0 Å². The molecule has 1 heterocycles. The molecule has 0 fully saturated rings. The van der Waals surface area contributed by atoms with Crippen LogP contribution in [-0.4, -0.2) is 42.1 Å². The van der Waals surface area contributed by atoms with Crippen molar-refractivity contribution >= 4 is 28.9 Å². The van der Waals surface area contributed by atoms with E-state index in [2.05, 4.69) is 20.2 Å². The number of hydrogen-bond donors (Lipinski definition) is 2. The van der Waals surface area contributed by atoms with E-state index in [4.69, 9.17) is 5.73 Å². The average Bonchev–Trinajstić information content (AvgIpc) is 2.66. The van der Waals surface area contributed by atoms with Crippen molar-refractivity contribution in [3.8, 4) is 0 Å². The maximum absolute atomic E-state index is 13.7. The van der Waals surface area contributed by atoms with Gasteiger partial charge in [0.2, 0.25) is 0 Å². The Hall–Kier alpha value is -2.83. The molecule has 0 amide bonds. The van der Waals surface area contributed by atoms with E-state index in [1.165, 1.54) is 12.1 Å². The van der Waals surface area contributed by atoms with Crippen LogP contribution in [0, 0.1) is 5.82 Å². The molecule has 0 saturated heterocycles. The Kier molecular flexibility index (Phi) is 6.34. The van der Waals surface area contributed by atoms with Gasteiger partial charge in [0.15, 0.2) is 5.82 Å². The number of likely N-dealkylation sites (N-methyl/N-ethyl adjacent to an activating group) is 1. The molecule has 0 aliphatic rings. The number of nitrogens with zero attached hydrogens (tertiary/aromatic N) is 3. The SMILES string of the molecule is CC(N)c1ccc(/C=C/c2nc(NCCN(C)C)c3cc(F)ccc3n2)cc1. The number of nitrogens with two attached hydrogens (primary N) is 1. The zero-order valence-electron chi connectivity index (χ0n) is 16.5. The molecule has 28 heavy (non-hydrogen) atoms. The molecule has 0 bridgehead atoms. The van der Waals surface area contributed by atoms with Gasteiger partial charge in [0.1, 0.15) is 11.6 Å². The molecule has 3 N–H and O–H groups in total. The first kappa shape index (κ1) is 19.9. The highest BCUT2D eigenvalue weighted by Gasteiger charge is 2.08. The molecule has 2 aromatic carbocycles. The number of hydrogen-bond acceptors (Lipinski definition) is 5. The predicted octanol–water partition coefficient (Wildman–Crippen LogP) is 3.93. The summed E-state index contributed by atoms with van der Waals surface area (Å²) in [6, 6.07) is 12.6. The van der Waals surface area contributed by atoms with Gasteiger partial charge in [-0.25, -0.2) is 14.4 Å². The fraction of sp³-hybridized carbons (Fsp3) is 0.273. The summed E-state index contributed by atoms with van der Waals surface area (Å²) in [6.07, 6.45) is 3.82. The molecule has 1 unspecified atom stereocenters. The van der Waals surface area contributed by atoms with E-state index in [1.807, 2.05) is 57.4 Å². The van der Waals surface area contributed by atoms with Gasteiger partial charge in [0, 0.05) is 24.5 Å². The molecule has 5 nitrogen and oxygen atoms in total. The van der Waals surface area contributed by atoms with Gasteiger partial charge in [0.25, 0.3) is 0 Å². The number of anilines is 1. The van der Waals surface area contributed by atoms with Crippen LogP contribution in [0.4, 0.5) is 10.2 Å². The monoisotopic (exact) mass is 379 g/mol. The third kappa shape index (κ3) is 5.12. The van der Waals surface area contributed by atoms with Gasteiger partial charge < -0.3 is 16.0 Å². The smallest absolute Gasteiger partial charge is 0.154 e. The number of rotatable bonds is 7. The largest absolute Gasteiger partial charge is 0.368 e. The Balaban J connectivity index is 1.88. The lowest BCUT2D eigenvalue weighted by atomic mass is 10.1. The summed E-state index contributed by atoms with van der Waals surface area (Å²) >= 11 is 0. The molecular weight excluding hydrogens is 353 g/mol. The molecule has 0 radical (unpaired) electrons. The van der Waals surface area contributed by atoms with Crippen LogP contribution in [0.15, 0.2) is 42.5 Å². The normalized spacial score (nSPS) is 12.8. The predicted molar refractivity (Wildman–Crippen MR) is 115 cm³/mol. The van der Waals surface area contributed by atoms with E-state index >= 15 is 0 Å². The Labute approximate surface area is 165 Å². The minimum absolute atomic E-state index is 0.0121. The highest BCUT2D eigenvalue weighted by Crippen LogP contribution is 2.22. The van der Waals surface area contributed by atoms with Crippen LogP contribution in [0.3, 0.4) is 0 Å². The molecule has 1 aromatic heterocycles. The summed E-state index contributed by atoms with van der Waals surface area (Å²) in [7, 11) is 4.01. The van der Waals surface area contributed by atoms with Crippen molar-refractivity contribution in [3.63, 3.8) is 0 Å². The molecule has 0 aliphatic carbocycles. The van der Waals surface area contributed by atoms with Crippen LogP contribution in [0.25, 0.3) is 23.1 Å². The summed E-state index contributed by atoms with van der Waals surface area (Å²) in [5, 5.41) is 3.98. The van der Waals surface area contributed by atoms with E-state index in [0.717, 1.165) is 17.7 Å². The van der Waals surface area contributed by atoms with Crippen molar-refractivity contribution in [2.75, 3.05) is 32.5 Å². The minimum atomic E-state index is -0.302. The minimum Gasteiger partial charge on any atom is -0.368 e. The summed E-state index contributed by atoms with van der Waals surface area (Å²) in [5.41, 5.74) is 8.72. The van der Waals surface area contributed by atoms with Gasteiger partial charge in [-0.3, -0.25) is 0 Å². The summed E-state index contributed by atoms with van der Waals surface area (Å²) in [6.45, 7) is 3.51. The number of aromatic nitrogens is 2. The van der Waals surface area contributed by atoms with Gasteiger partial charge in [-0.05, 0) is 56.4 Å². The Morgan fingerprint density at radius 1 is 1.11 bits per heavy atom. The van der Waals surface area contributed by atoms with Crippen LogP contribution in [0.1, 0.15) is 29.9 Å². The number of benzene rings is 2. The Morgan fingerprint density at radius 3 is 2.54 bits per heavy atom. The average molecular weight is 379 g/mol. The highest BCUT2D eigenvalue weighted by atomic mass is 19.1. The summed E-state index contributed by atoms with van der Waals surface area (Å²) < 4.78 is 13.7. The fourth-order valence-electron chi connectivity index (χ4n) is 2.81. The standard InChI is InChI=1S/C22H26FN5/c1-15(24)17-7-4-16(5-8-17)6-11-21-26-20-10-9-18(23)14-19(20)22(27-21)25-12-13-28(2)3/h4-11,14-15H,12-13,24H2,1-3H3,(H,25,26,27)/b11-6+. The number of halogens is 1. The number of fused-ring (bicyclic) bond motifs is 1. The van der Waals surface area contributed by atoms with E-state index in [0.29, 0.717) is 29.1 Å². The first-order chi connectivity index (χ1) is 13.4. The topological polar surface area (TPSA) is 67.1 Å². The molecular formula is C22H26FN5. The molecule has 0 saturated carbocycles. The number of nitrogens with one attached hydrogen (secondary N) is 1. The molecule has 0 spiro atoms. The van der Waals surface area contributed by atoms with Crippen LogP contribution >= 0.6 is 0 Å². The van der Waals surface area contributed by atoms with Crippen LogP contribution in [-0.2, 0) is 0 Å². The molecule has 3 aromatic rings. The first-order valence-electron chi connectivity index (χ1n) is 9.32. The maximum Gasteiger partial charge on any atom is 0.154 e. The van der Waals surface area contributed by atoms with Crippen molar-refractivity contribution < 1.29 is 4.39 Å². The van der Waals surface area contributed by atoms with Gasteiger partial charge in [-0.2, -0.15) is 0 Å². The lowest BCUT2D eigenvalue weighted by molar-refractivity contribution is 0.425. The second-order valence-electron chi connectivity index (χ2n) is 7.11. The zero-order valence-corrected chi connectivity index (χ0v) is 16.5. The van der Waals surface area contributed by atoms with Crippen molar-refractivity contribution in [2.45, 2.75) is 13.0 Å². The Morgan fingerprint density at radius 2 is 1.86 bits per heavy atom. The third-order valence-electron chi connectivity index (χ3n) is 4.41. The molecule has 146 valence electrons. The lowest BCUT2D eigenvalue weighted by Gasteiger charge is -2.13. The molecule has 6 heteroatoms. The van der Waals surface area contributed by atoms with Crippen molar-refractivity contribution in [3.05, 3.63) is 65.2 Å². The second kappa shape index (κ2) is 8.91. The van der Waals surface area contributed by atoms with Gasteiger partial charge in [0.05, 0.1) is 5.52 Å². The van der Waals surface area contributed by atoms with E-state index in [9.17, 15) is 4.39 Å². The first-order valence-corrected chi connectivity index (χ1v) is 9.32. The molecule has 0 aliphatic heterocycles. The second-order valence-corrected chi connectivity index (χ2v) is 7.11. The van der Waals surface area contributed by atoms with Crippen LogP contribution in [0.2, 0.25) is 0 Å². The molecule has 3 rings (SSSR count).